The molecule has 1 atom stereocenters. The Hall–Kier alpha value is -1.46. The van der Waals surface area contributed by atoms with Gasteiger partial charge in [-0.05, 0) is 41.8 Å². The fourth-order valence-corrected chi connectivity index (χ4v) is 2.96. The van der Waals surface area contributed by atoms with Crippen LogP contribution in [0.3, 0.4) is 0 Å². The summed E-state index contributed by atoms with van der Waals surface area (Å²) in [5.74, 6) is -0.312. The second kappa shape index (κ2) is 9.47. The van der Waals surface area contributed by atoms with Gasteiger partial charge in [-0.15, -0.1) is 0 Å². The van der Waals surface area contributed by atoms with Gasteiger partial charge in [0.05, 0.1) is 10.0 Å². The highest BCUT2D eigenvalue weighted by Gasteiger charge is 2.21. The maximum atomic E-state index is 11.3. The van der Waals surface area contributed by atoms with E-state index in [-0.39, 0.29) is 5.92 Å². The van der Waals surface area contributed by atoms with Crippen molar-refractivity contribution < 1.29 is 14.6 Å². The van der Waals surface area contributed by atoms with Crippen molar-refractivity contribution in [3.63, 3.8) is 0 Å². The molecule has 0 amide bonds. The molecule has 2 aromatic rings. The molecule has 2 aromatic carbocycles. The Bertz CT molecular complexity index is 781. The number of carboxylic acid groups (broad SMARTS) is 1. The van der Waals surface area contributed by atoms with Gasteiger partial charge in [-0.25, -0.2) is 0 Å². The molecule has 2 rings (SSSR count). The van der Waals surface area contributed by atoms with E-state index in [1.165, 1.54) is 0 Å². The summed E-state index contributed by atoms with van der Waals surface area (Å²) in [6, 6.07) is 9.90. The minimum absolute atomic E-state index is 0.0488. The van der Waals surface area contributed by atoms with Crippen molar-refractivity contribution in [3.8, 4) is 5.75 Å². The third-order valence-corrected chi connectivity index (χ3v) is 4.82. The van der Waals surface area contributed by atoms with E-state index < -0.39 is 12.0 Å². The number of rotatable bonds is 8. The topological polar surface area (TPSA) is 58.6 Å². The van der Waals surface area contributed by atoms with Crippen LogP contribution >= 0.6 is 34.8 Å². The zero-order chi connectivity index (χ0) is 19.3. The predicted octanol–water partition coefficient (Wildman–Crippen LogP) is 5.42. The molecular formula is C19H20Cl3NO3. The number of nitrogens with one attached hydrogen (secondary N) is 1. The van der Waals surface area contributed by atoms with Gasteiger partial charge in [0, 0.05) is 17.1 Å². The van der Waals surface area contributed by atoms with E-state index >= 15 is 0 Å². The molecule has 4 nitrogen and oxygen atoms in total. The summed E-state index contributed by atoms with van der Waals surface area (Å²) >= 11 is 18.0. The molecule has 0 saturated heterocycles. The standard InChI is InChI=1S/C19H20Cl3NO3/c1-11(2)18(19(24)25)23-9-13-8-14(20)4-6-17(13)26-10-12-3-5-15(21)16(22)7-12/h3-8,11,18,23H,9-10H2,1-2H3,(H,24,25). The summed E-state index contributed by atoms with van der Waals surface area (Å²) in [7, 11) is 0. The molecule has 2 N–H and O–H groups in total. The van der Waals surface area contributed by atoms with Gasteiger partial charge >= 0.3 is 5.97 Å². The zero-order valence-corrected chi connectivity index (χ0v) is 16.7. The van der Waals surface area contributed by atoms with E-state index in [1.54, 1.807) is 30.3 Å². The number of carbonyl (C=O) groups is 1. The van der Waals surface area contributed by atoms with E-state index in [2.05, 4.69) is 5.32 Å². The Balaban J connectivity index is 2.11. The molecule has 0 aliphatic carbocycles. The van der Waals surface area contributed by atoms with Crippen molar-refractivity contribution in [2.75, 3.05) is 0 Å². The normalized spacial score (nSPS) is 12.2. The summed E-state index contributed by atoms with van der Waals surface area (Å²) in [6.45, 7) is 4.33. The van der Waals surface area contributed by atoms with E-state index in [0.29, 0.717) is 34.0 Å². The zero-order valence-electron chi connectivity index (χ0n) is 14.4. The molecule has 0 radical (unpaired) electrons. The first kappa shape index (κ1) is 20.8. The van der Waals surface area contributed by atoms with Gasteiger partial charge in [-0.2, -0.15) is 0 Å². The number of aliphatic carboxylic acids is 1. The van der Waals surface area contributed by atoms with E-state index in [4.69, 9.17) is 39.5 Å². The number of hydrogen-bond donors (Lipinski definition) is 2. The molecule has 0 fully saturated rings. The lowest BCUT2D eigenvalue weighted by Gasteiger charge is -2.19. The van der Waals surface area contributed by atoms with Crippen LogP contribution in [0.25, 0.3) is 0 Å². The van der Waals surface area contributed by atoms with Crippen LogP contribution in [-0.4, -0.2) is 17.1 Å². The quantitative estimate of drug-likeness (QED) is 0.603. The van der Waals surface area contributed by atoms with Crippen LogP contribution in [0.4, 0.5) is 0 Å². The highest BCUT2D eigenvalue weighted by Crippen LogP contribution is 2.26. The first-order valence-corrected chi connectivity index (χ1v) is 9.22. The van der Waals surface area contributed by atoms with Crippen LogP contribution in [-0.2, 0) is 17.9 Å². The van der Waals surface area contributed by atoms with Crippen LogP contribution in [0.5, 0.6) is 5.75 Å². The molecule has 0 saturated carbocycles. The minimum atomic E-state index is -0.889. The molecule has 0 aliphatic rings. The summed E-state index contributed by atoms with van der Waals surface area (Å²) in [4.78, 5) is 11.3. The molecule has 1 unspecified atom stereocenters. The Labute approximate surface area is 168 Å². The maximum Gasteiger partial charge on any atom is 0.320 e. The van der Waals surface area contributed by atoms with Gasteiger partial charge < -0.3 is 9.84 Å². The van der Waals surface area contributed by atoms with E-state index in [1.807, 2.05) is 19.9 Å². The minimum Gasteiger partial charge on any atom is -0.489 e. The third kappa shape index (κ3) is 5.78. The van der Waals surface area contributed by atoms with Gasteiger partial charge in [0.25, 0.3) is 0 Å². The first-order valence-electron chi connectivity index (χ1n) is 8.09. The molecule has 0 aliphatic heterocycles. The van der Waals surface area contributed by atoms with Crippen LogP contribution in [0.2, 0.25) is 15.1 Å². The summed E-state index contributed by atoms with van der Waals surface area (Å²) in [5.41, 5.74) is 1.66. The van der Waals surface area contributed by atoms with Crippen LogP contribution in [0, 0.1) is 5.92 Å². The van der Waals surface area contributed by atoms with Crippen LogP contribution in [0.1, 0.15) is 25.0 Å². The number of benzene rings is 2. The number of carboxylic acids is 1. The number of ether oxygens (including phenoxy) is 1. The van der Waals surface area contributed by atoms with Crippen molar-refractivity contribution in [2.45, 2.75) is 33.0 Å². The Morgan fingerprint density at radius 1 is 1.12 bits per heavy atom. The predicted molar refractivity (Wildman–Crippen MR) is 105 cm³/mol. The van der Waals surface area contributed by atoms with Crippen molar-refractivity contribution in [2.24, 2.45) is 5.92 Å². The fourth-order valence-electron chi connectivity index (χ4n) is 2.45. The van der Waals surface area contributed by atoms with E-state index in [9.17, 15) is 9.90 Å². The van der Waals surface area contributed by atoms with Crippen LogP contribution in [0.15, 0.2) is 36.4 Å². The van der Waals surface area contributed by atoms with Crippen molar-refractivity contribution in [1.29, 1.82) is 0 Å². The van der Waals surface area contributed by atoms with Gasteiger partial charge in [0.1, 0.15) is 18.4 Å². The highest BCUT2D eigenvalue weighted by molar-refractivity contribution is 6.42. The number of hydrogen-bond acceptors (Lipinski definition) is 3. The van der Waals surface area contributed by atoms with Crippen LogP contribution < -0.4 is 10.1 Å². The van der Waals surface area contributed by atoms with Crippen molar-refractivity contribution >= 4 is 40.8 Å². The molecule has 0 aromatic heterocycles. The fraction of sp³-hybridized carbons (Fsp3) is 0.316. The van der Waals surface area contributed by atoms with Crippen molar-refractivity contribution in [1.82, 2.24) is 5.32 Å². The number of halogens is 3. The smallest absolute Gasteiger partial charge is 0.320 e. The van der Waals surface area contributed by atoms with Gasteiger partial charge in [0.15, 0.2) is 0 Å². The Morgan fingerprint density at radius 3 is 2.46 bits per heavy atom. The Morgan fingerprint density at radius 2 is 1.85 bits per heavy atom. The van der Waals surface area contributed by atoms with Gasteiger partial charge in [-0.1, -0.05) is 54.7 Å². The highest BCUT2D eigenvalue weighted by atomic mass is 35.5. The molecule has 0 heterocycles. The third-order valence-electron chi connectivity index (χ3n) is 3.85. The lowest BCUT2D eigenvalue weighted by atomic mass is 10.0. The monoisotopic (exact) mass is 415 g/mol. The summed E-state index contributed by atoms with van der Waals surface area (Å²) in [5, 5.41) is 13.9. The molecule has 140 valence electrons. The lowest BCUT2D eigenvalue weighted by Crippen LogP contribution is -2.40. The Kier molecular flexibility index (Phi) is 7.59. The second-order valence-electron chi connectivity index (χ2n) is 6.23. The van der Waals surface area contributed by atoms with Crippen molar-refractivity contribution in [3.05, 3.63) is 62.6 Å². The average Bonchev–Trinajstić information content (AvgIpc) is 2.56. The molecule has 0 bridgehead atoms. The maximum absolute atomic E-state index is 11.3. The van der Waals surface area contributed by atoms with Gasteiger partial charge in [-0.3, -0.25) is 10.1 Å². The van der Waals surface area contributed by atoms with E-state index in [0.717, 1.165) is 11.1 Å². The average molecular weight is 417 g/mol. The molecule has 7 heteroatoms. The summed E-state index contributed by atoms with van der Waals surface area (Å²) in [6.07, 6.45) is 0. The molecular weight excluding hydrogens is 397 g/mol. The molecule has 26 heavy (non-hydrogen) atoms. The first-order chi connectivity index (χ1) is 12.3. The second-order valence-corrected chi connectivity index (χ2v) is 7.48. The lowest BCUT2D eigenvalue weighted by molar-refractivity contribution is -0.140. The summed E-state index contributed by atoms with van der Waals surface area (Å²) < 4.78 is 5.88. The molecule has 0 spiro atoms. The largest absolute Gasteiger partial charge is 0.489 e. The van der Waals surface area contributed by atoms with Gasteiger partial charge in [0.2, 0.25) is 0 Å². The SMILES string of the molecule is CC(C)C(NCc1cc(Cl)ccc1OCc1ccc(Cl)c(Cl)c1)C(=O)O.